The molecule has 0 radical (unpaired) electrons. The minimum absolute atomic E-state index is 0.168. The summed E-state index contributed by atoms with van der Waals surface area (Å²) < 4.78 is 0. The molecule has 3 aromatic carbocycles. The number of hydrogen-bond acceptors (Lipinski definition) is 1. The number of rotatable bonds is 5. The van der Waals surface area contributed by atoms with E-state index in [2.05, 4.69) is 73.7 Å². The molecule has 5 rings (SSSR count). The Balaban J connectivity index is 1.41. The van der Waals surface area contributed by atoms with Crippen LogP contribution in [-0.2, 0) is 4.79 Å². The maximum atomic E-state index is 13.6. The van der Waals surface area contributed by atoms with Crippen LogP contribution in [0.5, 0.6) is 0 Å². The smallest absolute Gasteiger partial charge is 0.136 e. The maximum absolute atomic E-state index is 13.6. The van der Waals surface area contributed by atoms with Crippen LogP contribution in [0, 0.1) is 18.8 Å². The normalized spacial score (nSPS) is 24.5. The molecule has 2 fully saturated rings. The molecule has 0 spiro atoms. The zero-order chi connectivity index (χ0) is 21.2. The van der Waals surface area contributed by atoms with Gasteiger partial charge in [0.15, 0.2) is 0 Å². The van der Waals surface area contributed by atoms with Crippen molar-refractivity contribution in [2.24, 2.45) is 11.8 Å². The van der Waals surface area contributed by atoms with Crippen LogP contribution in [0.15, 0.2) is 66.7 Å². The first-order chi connectivity index (χ1) is 15.2. The Morgan fingerprint density at radius 3 is 2.29 bits per heavy atom. The van der Waals surface area contributed by atoms with Crippen molar-refractivity contribution < 1.29 is 4.79 Å². The summed E-state index contributed by atoms with van der Waals surface area (Å²) >= 11 is 0. The van der Waals surface area contributed by atoms with Crippen LogP contribution in [0.2, 0.25) is 0 Å². The zero-order valence-electron chi connectivity index (χ0n) is 18.7. The summed E-state index contributed by atoms with van der Waals surface area (Å²) in [5.74, 6) is 2.14. The Kier molecular flexibility index (Phi) is 5.94. The van der Waals surface area contributed by atoms with Crippen LogP contribution < -0.4 is 0 Å². The lowest BCUT2D eigenvalue weighted by Gasteiger charge is -2.24. The fourth-order valence-electron chi connectivity index (χ4n) is 6.14. The Morgan fingerprint density at radius 1 is 0.806 bits per heavy atom. The first kappa shape index (κ1) is 20.5. The zero-order valence-corrected chi connectivity index (χ0v) is 18.7. The number of fused-ring (bicyclic) bond motifs is 1. The van der Waals surface area contributed by atoms with E-state index in [-0.39, 0.29) is 5.92 Å². The number of hydrogen-bond donors (Lipinski definition) is 0. The van der Waals surface area contributed by atoms with Gasteiger partial charge < -0.3 is 0 Å². The van der Waals surface area contributed by atoms with Gasteiger partial charge in [-0.1, -0.05) is 104 Å². The summed E-state index contributed by atoms with van der Waals surface area (Å²) in [7, 11) is 0. The average Bonchev–Trinajstić information content (AvgIpc) is 3.26. The minimum Gasteiger partial charge on any atom is -0.299 e. The minimum atomic E-state index is 0.168. The standard InChI is InChI=1S/C30H34O/c1-21-11-13-24(14-12-21)28-19-27(26-16-15-23-9-5-6-10-25(23)18-26)20-29(28)30(31)17-22-7-3-2-4-8-22/h5-6,9-16,18,22,27-29H,2-4,7-8,17,19-20H2,1H3. The van der Waals surface area contributed by atoms with E-state index < -0.39 is 0 Å². The van der Waals surface area contributed by atoms with Gasteiger partial charge in [-0.15, -0.1) is 0 Å². The second-order valence-electron chi connectivity index (χ2n) is 10.1. The third-order valence-electron chi connectivity index (χ3n) is 7.94. The molecule has 3 atom stereocenters. The first-order valence-corrected chi connectivity index (χ1v) is 12.3. The molecule has 160 valence electrons. The van der Waals surface area contributed by atoms with E-state index in [4.69, 9.17) is 0 Å². The number of carbonyl (C=O) groups excluding carboxylic acids is 1. The van der Waals surface area contributed by atoms with Crippen molar-refractivity contribution in [2.45, 2.75) is 70.1 Å². The predicted octanol–water partition coefficient (Wildman–Crippen LogP) is 7.97. The number of aryl methyl sites for hydroxylation is 1. The van der Waals surface area contributed by atoms with E-state index in [1.54, 1.807) is 0 Å². The monoisotopic (exact) mass is 410 g/mol. The van der Waals surface area contributed by atoms with Crippen LogP contribution in [0.1, 0.15) is 79.9 Å². The van der Waals surface area contributed by atoms with Gasteiger partial charge in [-0.3, -0.25) is 4.79 Å². The van der Waals surface area contributed by atoms with Crippen LogP contribution >= 0.6 is 0 Å². The van der Waals surface area contributed by atoms with Crippen LogP contribution in [-0.4, -0.2) is 5.78 Å². The van der Waals surface area contributed by atoms with Crippen molar-refractivity contribution >= 4 is 16.6 Å². The van der Waals surface area contributed by atoms with E-state index in [0.717, 1.165) is 19.3 Å². The van der Waals surface area contributed by atoms with Crippen molar-refractivity contribution in [1.82, 2.24) is 0 Å². The fourth-order valence-corrected chi connectivity index (χ4v) is 6.14. The van der Waals surface area contributed by atoms with Crippen molar-refractivity contribution in [3.8, 4) is 0 Å². The molecule has 1 nitrogen and oxygen atoms in total. The molecule has 2 aliphatic rings. The van der Waals surface area contributed by atoms with E-state index in [0.29, 0.717) is 23.5 Å². The summed E-state index contributed by atoms with van der Waals surface area (Å²) in [4.78, 5) is 13.6. The van der Waals surface area contributed by atoms with E-state index in [9.17, 15) is 4.79 Å². The van der Waals surface area contributed by atoms with Crippen molar-refractivity contribution in [3.63, 3.8) is 0 Å². The molecule has 3 unspecified atom stereocenters. The molecule has 0 aliphatic heterocycles. The Hall–Kier alpha value is -2.41. The number of ketones is 1. The number of benzene rings is 3. The summed E-state index contributed by atoms with van der Waals surface area (Å²) in [5, 5.41) is 2.60. The highest BCUT2D eigenvalue weighted by atomic mass is 16.1. The SMILES string of the molecule is Cc1ccc(C2CC(c3ccc4ccccc4c3)CC2C(=O)CC2CCCCC2)cc1. The lowest BCUT2D eigenvalue weighted by molar-refractivity contribution is -0.124. The molecule has 1 heteroatoms. The van der Waals surface area contributed by atoms with Gasteiger partial charge >= 0.3 is 0 Å². The largest absolute Gasteiger partial charge is 0.299 e. The van der Waals surface area contributed by atoms with Crippen LogP contribution in [0.25, 0.3) is 10.8 Å². The van der Waals surface area contributed by atoms with E-state index in [1.165, 1.54) is 59.6 Å². The second-order valence-corrected chi connectivity index (χ2v) is 10.1. The molecule has 0 bridgehead atoms. The molecule has 0 heterocycles. The Labute approximate surface area is 186 Å². The van der Waals surface area contributed by atoms with Gasteiger partial charge in [0.05, 0.1) is 0 Å². The van der Waals surface area contributed by atoms with Gasteiger partial charge in [0.2, 0.25) is 0 Å². The van der Waals surface area contributed by atoms with E-state index in [1.807, 2.05) is 0 Å². The quantitative estimate of drug-likeness (QED) is 0.417. The Bertz CT molecular complexity index is 1040. The van der Waals surface area contributed by atoms with Crippen LogP contribution in [0.4, 0.5) is 0 Å². The first-order valence-electron chi connectivity index (χ1n) is 12.3. The molecule has 0 saturated heterocycles. The van der Waals surface area contributed by atoms with Crippen molar-refractivity contribution in [2.75, 3.05) is 0 Å². The lowest BCUT2D eigenvalue weighted by Crippen LogP contribution is -2.22. The van der Waals surface area contributed by atoms with Gasteiger partial charge in [-0.25, -0.2) is 0 Å². The fraction of sp³-hybridized carbons (Fsp3) is 0.433. The maximum Gasteiger partial charge on any atom is 0.136 e. The molecule has 2 aliphatic carbocycles. The molecule has 0 amide bonds. The predicted molar refractivity (Wildman–Crippen MR) is 130 cm³/mol. The summed E-state index contributed by atoms with van der Waals surface area (Å²) in [5.41, 5.74) is 4.05. The number of Topliss-reactive ketones (excluding diaryl/α,β-unsaturated/α-hetero) is 1. The van der Waals surface area contributed by atoms with Gasteiger partial charge in [0.25, 0.3) is 0 Å². The number of carbonyl (C=O) groups is 1. The highest BCUT2D eigenvalue weighted by molar-refractivity contribution is 5.84. The lowest BCUT2D eigenvalue weighted by atomic mass is 9.79. The van der Waals surface area contributed by atoms with Crippen molar-refractivity contribution in [3.05, 3.63) is 83.4 Å². The molecule has 0 N–H and O–H groups in total. The summed E-state index contributed by atoms with van der Waals surface area (Å²) in [6, 6.07) is 24.5. The van der Waals surface area contributed by atoms with Crippen molar-refractivity contribution in [1.29, 1.82) is 0 Å². The molecule has 0 aromatic heterocycles. The molecular weight excluding hydrogens is 376 g/mol. The molecule has 3 aromatic rings. The van der Waals surface area contributed by atoms with E-state index >= 15 is 0 Å². The molecule has 2 saturated carbocycles. The summed E-state index contributed by atoms with van der Waals surface area (Å²) in [6.07, 6.45) is 9.36. The van der Waals surface area contributed by atoms with Gasteiger partial charge in [0.1, 0.15) is 5.78 Å². The third-order valence-corrected chi connectivity index (χ3v) is 7.94. The second kappa shape index (κ2) is 8.99. The van der Waals surface area contributed by atoms with Crippen LogP contribution in [0.3, 0.4) is 0 Å². The Morgan fingerprint density at radius 2 is 1.52 bits per heavy atom. The average molecular weight is 411 g/mol. The summed E-state index contributed by atoms with van der Waals surface area (Å²) in [6.45, 7) is 2.14. The molecule has 31 heavy (non-hydrogen) atoms. The van der Waals surface area contributed by atoms with Gasteiger partial charge in [0, 0.05) is 12.3 Å². The van der Waals surface area contributed by atoms with Gasteiger partial charge in [-0.2, -0.15) is 0 Å². The highest BCUT2D eigenvalue weighted by Crippen LogP contribution is 2.49. The highest BCUT2D eigenvalue weighted by Gasteiger charge is 2.40. The topological polar surface area (TPSA) is 17.1 Å². The third kappa shape index (κ3) is 4.47. The van der Waals surface area contributed by atoms with Gasteiger partial charge in [-0.05, 0) is 59.4 Å². The molecular formula is C30H34O.